The van der Waals surface area contributed by atoms with Crippen LogP contribution < -0.4 is 10.6 Å². The first kappa shape index (κ1) is 15.0. The van der Waals surface area contributed by atoms with E-state index in [2.05, 4.69) is 10.6 Å². The Hall–Kier alpha value is -2.43. The third kappa shape index (κ3) is 3.37. The molecule has 0 aliphatic rings. The van der Waals surface area contributed by atoms with Crippen LogP contribution in [-0.2, 0) is 0 Å². The van der Waals surface area contributed by atoms with Gasteiger partial charge in [-0.25, -0.2) is 8.78 Å². The van der Waals surface area contributed by atoms with Gasteiger partial charge in [-0.1, -0.05) is 12.1 Å². The normalized spacial score (nSPS) is 11.8. The van der Waals surface area contributed by atoms with E-state index in [0.29, 0.717) is 5.56 Å². The Morgan fingerprint density at radius 3 is 2.38 bits per heavy atom. The molecule has 0 saturated carbocycles. The van der Waals surface area contributed by atoms with E-state index in [1.165, 1.54) is 12.1 Å². The van der Waals surface area contributed by atoms with E-state index in [1.807, 2.05) is 0 Å². The zero-order chi connectivity index (χ0) is 15.4. The molecule has 0 heterocycles. The molecule has 0 fully saturated rings. The number of carbonyl (C=O) groups is 1. The van der Waals surface area contributed by atoms with E-state index < -0.39 is 17.7 Å². The predicted octanol–water partition coefficient (Wildman–Crippen LogP) is 3.50. The fourth-order valence-corrected chi connectivity index (χ4v) is 2.04. The molecule has 1 amide bonds. The summed E-state index contributed by atoms with van der Waals surface area (Å²) in [4.78, 5) is 11.4. The van der Waals surface area contributed by atoms with Crippen LogP contribution in [0.15, 0.2) is 42.5 Å². The van der Waals surface area contributed by atoms with Crippen LogP contribution in [0.5, 0.6) is 0 Å². The third-order valence-corrected chi connectivity index (χ3v) is 3.21. The standard InChI is InChI=1S/C16H16F2N2O/c1-10(13-4-3-5-14(17)15(13)18)20-12-8-6-11(7-9-12)16(21)19-2/h3-10,20H,1-2H3,(H,19,21). The van der Waals surface area contributed by atoms with Crippen molar-refractivity contribution in [3.8, 4) is 0 Å². The summed E-state index contributed by atoms with van der Waals surface area (Å²) in [6.45, 7) is 1.74. The molecule has 2 aromatic carbocycles. The number of hydrogen-bond acceptors (Lipinski definition) is 2. The summed E-state index contributed by atoms with van der Waals surface area (Å²) in [5.74, 6) is -1.89. The first-order chi connectivity index (χ1) is 10.0. The van der Waals surface area contributed by atoms with Gasteiger partial charge in [-0.05, 0) is 37.3 Å². The van der Waals surface area contributed by atoms with Gasteiger partial charge in [-0.3, -0.25) is 4.79 Å². The van der Waals surface area contributed by atoms with Crippen LogP contribution >= 0.6 is 0 Å². The quantitative estimate of drug-likeness (QED) is 0.905. The van der Waals surface area contributed by atoms with Gasteiger partial charge in [0.05, 0.1) is 6.04 Å². The van der Waals surface area contributed by atoms with Crippen molar-refractivity contribution in [2.24, 2.45) is 0 Å². The Balaban J connectivity index is 2.14. The smallest absolute Gasteiger partial charge is 0.251 e. The van der Waals surface area contributed by atoms with Gasteiger partial charge >= 0.3 is 0 Å². The molecule has 2 rings (SSSR count). The average molecular weight is 290 g/mol. The number of nitrogens with one attached hydrogen (secondary N) is 2. The minimum atomic E-state index is -0.865. The number of hydrogen-bond donors (Lipinski definition) is 2. The highest BCUT2D eigenvalue weighted by Crippen LogP contribution is 2.23. The van der Waals surface area contributed by atoms with Crippen molar-refractivity contribution in [1.29, 1.82) is 0 Å². The molecule has 0 bridgehead atoms. The number of halogens is 2. The van der Waals surface area contributed by atoms with Gasteiger partial charge in [0, 0.05) is 23.9 Å². The van der Waals surface area contributed by atoms with Crippen LogP contribution in [0.4, 0.5) is 14.5 Å². The maximum absolute atomic E-state index is 13.7. The lowest BCUT2D eigenvalue weighted by Crippen LogP contribution is -2.17. The summed E-state index contributed by atoms with van der Waals surface area (Å²) in [6, 6.07) is 10.5. The van der Waals surface area contributed by atoms with Crippen LogP contribution in [0, 0.1) is 11.6 Å². The van der Waals surface area contributed by atoms with Crippen molar-refractivity contribution in [3.05, 3.63) is 65.2 Å². The zero-order valence-electron chi connectivity index (χ0n) is 11.8. The van der Waals surface area contributed by atoms with E-state index >= 15 is 0 Å². The Morgan fingerprint density at radius 1 is 1.10 bits per heavy atom. The highest BCUT2D eigenvalue weighted by Gasteiger charge is 2.14. The van der Waals surface area contributed by atoms with E-state index in [1.54, 1.807) is 38.2 Å². The molecule has 1 unspecified atom stereocenters. The van der Waals surface area contributed by atoms with Crippen molar-refractivity contribution in [2.45, 2.75) is 13.0 Å². The topological polar surface area (TPSA) is 41.1 Å². The molecule has 3 nitrogen and oxygen atoms in total. The molecule has 0 aliphatic heterocycles. The first-order valence-electron chi connectivity index (χ1n) is 6.55. The second-order valence-electron chi connectivity index (χ2n) is 4.67. The van der Waals surface area contributed by atoms with Crippen molar-refractivity contribution in [3.63, 3.8) is 0 Å². The average Bonchev–Trinajstić information content (AvgIpc) is 2.50. The molecule has 0 aromatic heterocycles. The summed E-state index contributed by atoms with van der Waals surface area (Å²) < 4.78 is 26.9. The summed E-state index contributed by atoms with van der Waals surface area (Å²) >= 11 is 0. The monoisotopic (exact) mass is 290 g/mol. The Bertz CT molecular complexity index is 641. The second kappa shape index (κ2) is 6.35. The van der Waals surface area contributed by atoms with Gasteiger partial charge in [0.15, 0.2) is 11.6 Å². The largest absolute Gasteiger partial charge is 0.378 e. The highest BCUT2D eigenvalue weighted by molar-refractivity contribution is 5.94. The summed E-state index contributed by atoms with van der Waals surface area (Å²) in [5.41, 5.74) is 1.51. The number of amides is 1. The molecule has 110 valence electrons. The number of benzene rings is 2. The molecule has 0 aliphatic carbocycles. The van der Waals surface area contributed by atoms with Gasteiger partial charge in [-0.2, -0.15) is 0 Å². The molecule has 2 aromatic rings. The van der Waals surface area contributed by atoms with Crippen LogP contribution in [0.2, 0.25) is 0 Å². The lowest BCUT2D eigenvalue weighted by atomic mass is 10.1. The van der Waals surface area contributed by atoms with Crippen molar-refractivity contribution in [2.75, 3.05) is 12.4 Å². The molecule has 0 spiro atoms. The Morgan fingerprint density at radius 2 is 1.76 bits per heavy atom. The Labute approximate surface area is 122 Å². The van der Waals surface area contributed by atoms with Gasteiger partial charge in [0.1, 0.15) is 0 Å². The first-order valence-corrected chi connectivity index (χ1v) is 6.55. The zero-order valence-corrected chi connectivity index (χ0v) is 11.8. The van der Waals surface area contributed by atoms with Gasteiger partial charge in [0.2, 0.25) is 0 Å². The van der Waals surface area contributed by atoms with Gasteiger partial charge in [0.25, 0.3) is 5.91 Å². The van der Waals surface area contributed by atoms with Gasteiger partial charge < -0.3 is 10.6 Å². The number of rotatable bonds is 4. The SMILES string of the molecule is CNC(=O)c1ccc(NC(C)c2cccc(F)c2F)cc1. The molecule has 1 atom stereocenters. The van der Waals surface area contributed by atoms with Crippen LogP contribution in [0.1, 0.15) is 28.9 Å². The van der Waals surface area contributed by atoms with Gasteiger partial charge in [-0.15, -0.1) is 0 Å². The minimum absolute atomic E-state index is 0.175. The van der Waals surface area contributed by atoms with E-state index in [9.17, 15) is 13.6 Å². The van der Waals surface area contributed by atoms with Crippen LogP contribution in [0.3, 0.4) is 0 Å². The fraction of sp³-hybridized carbons (Fsp3) is 0.188. The van der Waals surface area contributed by atoms with Crippen molar-refractivity contribution >= 4 is 11.6 Å². The molecule has 0 saturated heterocycles. The second-order valence-corrected chi connectivity index (χ2v) is 4.67. The maximum Gasteiger partial charge on any atom is 0.251 e. The van der Waals surface area contributed by atoms with E-state index in [-0.39, 0.29) is 11.5 Å². The Kier molecular flexibility index (Phi) is 4.52. The van der Waals surface area contributed by atoms with Crippen LogP contribution in [0.25, 0.3) is 0 Å². The lowest BCUT2D eigenvalue weighted by Gasteiger charge is -2.16. The predicted molar refractivity (Wildman–Crippen MR) is 78.2 cm³/mol. The molecular weight excluding hydrogens is 274 g/mol. The fourth-order valence-electron chi connectivity index (χ4n) is 2.04. The third-order valence-electron chi connectivity index (χ3n) is 3.21. The molecule has 0 radical (unpaired) electrons. The highest BCUT2D eigenvalue weighted by atomic mass is 19.2. The lowest BCUT2D eigenvalue weighted by molar-refractivity contribution is 0.0963. The molecule has 2 N–H and O–H groups in total. The molecular formula is C16H16F2N2O. The summed E-state index contributed by atoms with van der Waals surface area (Å²) in [6.07, 6.45) is 0. The minimum Gasteiger partial charge on any atom is -0.378 e. The number of anilines is 1. The number of carbonyl (C=O) groups excluding carboxylic acids is 1. The van der Waals surface area contributed by atoms with Crippen molar-refractivity contribution < 1.29 is 13.6 Å². The molecule has 21 heavy (non-hydrogen) atoms. The van der Waals surface area contributed by atoms with Crippen molar-refractivity contribution in [1.82, 2.24) is 5.32 Å². The summed E-state index contributed by atoms with van der Waals surface area (Å²) in [5, 5.41) is 5.60. The maximum atomic E-state index is 13.7. The van der Waals surface area contributed by atoms with E-state index in [4.69, 9.17) is 0 Å². The summed E-state index contributed by atoms with van der Waals surface area (Å²) in [7, 11) is 1.56. The molecule has 5 heteroatoms. The van der Waals surface area contributed by atoms with Crippen LogP contribution in [-0.4, -0.2) is 13.0 Å². The van der Waals surface area contributed by atoms with E-state index in [0.717, 1.165) is 11.8 Å².